The summed E-state index contributed by atoms with van der Waals surface area (Å²) in [6, 6.07) is 10.2. The van der Waals surface area contributed by atoms with Gasteiger partial charge < -0.3 is 10.6 Å². The Bertz CT molecular complexity index is 703. The molecule has 1 aromatic carbocycles. The van der Waals surface area contributed by atoms with Gasteiger partial charge in [0.1, 0.15) is 11.5 Å². The quantitative estimate of drug-likeness (QED) is 0.903. The molecule has 1 saturated carbocycles. The predicted molar refractivity (Wildman–Crippen MR) is 95.1 cm³/mol. The topological polar surface area (TPSA) is 59.0 Å². The van der Waals surface area contributed by atoms with Gasteiger partial charge in [0.05, 0.1) is 12.1 Å². The van der Waals surface area contributed by atoms with Crippen LogP contribution >= 0.6 is 0 Å². The van der Waals surface area contributed by atoms with E-state index >= 15 is 0 Å². The number of nitrogens with zero attached hydrogens (tertiary/aromatic N) is 2. The minimum atomic E-state index is -0.0761. The predicted octanol–water partition coefficient (Wildman–Crippen LogP) is 3.61. The van der Waals surface area contributed by atoms with Crippen LogP contribution in [0.1, 0.15) is 43.6 Å². The first kappa shape index (κ1) is 15.2. The van der Waals surface area contributed by atoms with Gasteiger partial charge in [-0.1, -0.05) is 43.2 Å². The van der Waals surface area contributed by atoms with Gasteiger partial charge in [0.25, 0.3) is 0 Å². The van der Waals surface area contributed by atoms with Crippen LogP contribution in [0.15, 0.2) is 36.5 Å². The first-order chi connectivity index (χ1) is 11.8. The Labute approximate surface area is 142 Å². The number of nitrogens with one attached hydrogen (secondary N) is 2. The number of carbonyl (C=O) groups excluding carboxylic acids is 1. The summed E-state index contributed by atoms with van der Waals surface area (Å²) in [6.45, 7) is 1.84. The van der Waals surface area contributed by atoms with E-state index in [4.69, 9.17) is 0 Å². The molecule has 24 heavy (non-hydrogen) atoms. The average molecular weight is 324 g/mol. The zero-order chi connectivity index (χ0) is 16.4. The van der Waals surface area contributed by atoms with Crippen LogP contribution in [0.5, 0.6) is 0 Å². The van der Waals surface area contributed by atoms with E-state index in [0.29, 0.717) is 5.92 Å². The Balaban J connectivity index is 1.58. The Hall–Kier alpha value is -2.30. The number of aryl methyl sites for hydroxylation is 1. The second kappa shape index (κ2) is 6.67. The third-order valence-electron chi connectivity index (χ3n) is 5.25. The van der Waals surface area contributed by atoms with Crippen molar-refractivity contribution >= 4 is 17.4 Å². The second-order valence-electron chi connectivity index (χ2n) is 6.83. The molecular weight excluding hydrogens is 300 g/mol. The number of rotatable bonds is 4. The number of hydrogen-bond donors (Lipinski definition) is 2. The Kier molecular flexibility index (Phi) is 4.24. The number of amides is 1. The molecule has 1 aliphatic heterocycles. The van der Waals surface area contributed by atoms with Crippen molar-refractivity contribution in [3.8, 4) is 0 Å². The molecule has 4 rings (SSSR count). The van der Waals surface area contributed by atoms with Crippen molar-refractivity contribution in [3.05, 3.63) is 42.1 Å². The zero-order valence-corrected chi connectivity index (χ0v) is 13.9. The van der Waals surface area contributed by atoms with Crippen LogP contribution in [0.4, 0.5) is 11.5 Å². The summed E-state index contributed by atoms with van der Waals surface area (Å²) in [5.41, 5.74) is 1.93. The van der Waals surface area contributed by atoms with Gasteiger partial charge in [-0.25, -0.2) is 4.68 Å². The van der Waals surface area contributed by atoms with Crippen LogP contribution < -0.4 is 10.6 Å². The summed E-state index contributed by atoms with van der Waals surface area (Å²) in [5.74, 6) is 1.39. The van der Waals surface area contributed by atoms with Gasteiger partial charge in [0, 0.05) is 13.1 Å². The van der Waals surface area contributed by atoms with Crippen molar-refractivity contribution in [2.45, 2.75) is 44.6 Å². The standard InChI is InChI=1S/C19H24N4O/c24-19(22-16-13-21-23-12-6-11-20-18(16)23)17(15-9-4-5-10-15)14-7-2-1-3-8-14/h1-3,7-8,13,15,17,20H,4-6,9-12H2,(H,22,24). The monoisotopic (exact) mass is 324 g/mol. The molecule has 1 unspecified atom stereocenters. The van der Waals surface area contributed by atoms with Crippen molar-refractivity contribution in [2.75, 3.05) is 17.2 Å². The van der Waals surface area contributed by atoms with Crippen LogP contribution in [-0.2, 0) is 11.3 Å². The summed E-state index contributed by atoms with van der Waals surface area (Å²) in [7, 11) is 0. The average Bonchev–Trinajstić information content (AvgIpc) is 3.27. The molecule has 1 amide bonds. The molecule has 5 nitrogen and oxygen atoms in total. The van der Waals surface area contributed by atoms with Gasteiger partial charge in [-0.3, -0.25) is 4.79 Å². The van der Waals surface area contributed by atoms with Crippen LogP contribution in [0.3, 0.4) is 0 Å². The van der Waals surface area contributed by atoms with Crippen molar-refractivity contribution in [1.29, 1.82) is 0 Å². The largest absolute Gasteiger partial charge is 0.368 e. The van der Waals surface area contributed by atoms with E-state index < -0.39 is 0 Å². The number of carbonyl (C=O) groups is 1. The zero-order valence-electron chi connectivity index (χ0n) is 13.9. The molecule has 2 aromatic rings. The maximum atomic E-state index is 13.1. The smallest absolute Gasteiger partial charge is 0.232 e. The van der Waals surface area contributed by atoms with E-state index in [9.17, 15) is 4.79 Å². The van der Waals surface area contributed by atoms with E-state index in [-0.39, 0.29) is 11.8 Å². The molecule has 126 valence electrons. The Morgan fingerprint density at radius 3 is 2.79 bits per heavy atom. The minimum absolute atomic E-state index is 0.0761. The van der Waals surface area contributed by atoms with Crippen LogP contribution in [-0.4, -0.2) is 22.2 Å². The highest BCUT2D eigenvalue weighted by Gasteiger charge is 2.32. The lowest BCUT2D eigenvalue weighted by atomic mass is 9.84. The van der Waals surface area contributed by atoms with E-state index in [1.807, 2.05) is 22.9 Å². The van der Waals surface area contributed by atoms with Gasteiger partial charge in [0.15, 0.2) is 0 Å². The highest BCUT2D eigenvalue weighted by atomic mass is 16.1. The molecule has 0 bridgehead atoms. The molecular formula is C19H24N4O. The molecule has 1 aliphatic carbocycles. The molecule has 0 spiro atoms. The summed E-state index contributed by atoms with van der Waals surface area (Å²) in [6.07, 6.45) is 7.56. The fourth-order valence-electron chi connectivity index (χ4n) is 4.07. The summed E-state index contributed by atoms with van der Waals surface area (Å²) in [5, 5.41) is 10.9. The number of hydrogen-bond acceptors (Lipinski definition) is 3. The van der Waals surface area contributed by atoms with E-state index in [1.54, 1.807) is 6.20 Å². The Morgan fingerprint density at radius 1 is 1.21 bits per heavy atom. The number of aromatic nitrogens is 2. The number of fused-ring (bicyclic) bond motifs is 1. The highest BCUT2D eigenvalue weighted by Crippen LogP contribution is 2.38. The van der Waals surface area contributed by atoms with E-state index in [0.717, 1.165) is 49.4 Å². The first-order valence-electron chi connectivity index (χ1n) is 8.98. The first-order valence-corrected chi connectivity index (χ1v) is 8.98. The second-order valence-corrected chi connectivity index (χ2v) is 6.83. The molecule has 0 saturated heterocycles. The normalized spacial score (nSPS) is 18.7. The molecule has 1 fully saturated rings. The summed E-state index contributed by atoms with van der Waals surface area (Å²) in [4.78, 5) is 13.1. The third kappa shape index (κ3) is 2.90. The molecule has 2 heterocycles. The number of anilines is 2. The fraction of sp³-hybridized carbons (Fsp3) is 0.474. The van der Waals surface area contributed by atoms with Gasteiger partial charge >= 0.3 is 0 Å². The summed E-state index contributed by atoms with van der Waals surface area (Å²) < 4.78 is 1.94. The van der Waals surface area contributed by atoms with Crippen molar-refractivity contribution in [3.63, 3.8) is 0 Å². The van der Waals surface area contributed by atoms with Crippen LogP contribution in [0, 0.1) is 5.92 Å². The van der Waals surface area contributed by atoms with Gasteiger partial charge in [-0.05, 0) is 30.7 Å². The van der Waals surface area contributed by atoms with Gasteiger partial charge in [-0.15, -0.1) is 0 Å². The van der Waals surface area contributed by atoms with E-state index in [1.165, 1.54) is 12.8 Å². The maximum absolute atomic E-state index is 13.1. The molecule has 5 heteroatoms. The minimum Gasteiger partial charge on any atom is -0.368 e. The lowest BCUT2D eigenvalue weighted by Gasteiger charge is -2.24. The molecule has 2 aliphatic rings. The van der Waals surface area contributed by atoms with Crippen molar-refractivity contribution < 1.29 is 4.79 Å². The lowest BCUT2D eigenvalue weighted by molar-refractivity contribution is -0.118. The van der Waals surface area contributed by atoms with Crippen LogP contribution in [0.2, 0.25) is 0 Å². The Morgan fingerprint density at radius 2 is 2.00 bits per heavy atom. The lowest BCUT2D eigenvalue weighted by Crippen LogP contribution is -2.27. The van der Waals surface area contributed by atoms with Gasteiger partial charge in [0.2, 0.25) is 5.91 Å². The third-order valence-corrected chi connectivity index (χ3v) is 5.25. The van der Waals surface area contributed by atoms with Crippen LogP contribution in [0.25, 0.3) is 0 Å². The molecule has 1 atom stereocenters. The van der Waals surface area contributed by atoms with E-state index in [2.05, 4.69) is 27.9 Å². The van der Waals surface area contributed by atoms with Crippen molar-refractivity contribution in [1.82, 2.24) is 9.78 Å². The summed E-state index contributed by atoms with van der Waals surface area (Å²) >= 11 is 0. The molecule has 2 N–H and O–H groups in total. The molecule has 0 radical (unpaired) electrons. The SMILES string of the molecule is O=C(Nc1cnn2c1NCCC2)C(c1ccccc1)C1CCCC1. The van der Waals surface area contributed by atoms with Gasteiger partial charge in [-0.2, -0.15) is 5.10 Å². The number of benzene rings is 1. The van der Waals surface area contributed by atoms with Crippen molar-refractivity contribution in [2.24, 2.45) is 5.92 Å². The maximum Gasteiger partial charge on any atom is 0.232 e. The molecule has 1 aromatic heterocycles. The fourth-order valence-corrected chi connectivity index (χ4v) is 4.07. The highest BCUT2D eigenvalue weighted by molar-refractivity contribution is 5.98.